The molecule has 0 amide bonds. The van der Waals surface area contributed by atoms with Crippen LogP contribution in [0.25, 0.3) is 0 Å². The van der Waals surface area contributed by atoms with Gasteiger partial charge >= 0.3 is 0 Å². The number of anilines is 2. The summed E-state index contributed by atoms with van der Waals surface area (Å²) in [6.07, 6.45) is 2.55. The third kappa shape index (κ3) is 2.25. The topological polar surface area (TPSA) is 61.3 Å². The Balaban J connectivity index is 1.81. The van der Waals surface area contributed by atoms with E-state index in [9.17, 15) is 0 Å². The molecule has 2 aromatic carbocycles. The highest BCUT2D eigenvalue weighted by molar-refractivity contribution is 5.57. The summed E-state index contributed by atoms with van der Waals surface area (Å²) in [7, 11) is 0. The third-order valence-corrected chi connectivity index (χ3v) is 3.19. The molecule has 0 atom stereocenters. The molecule has 3 nitrogen and oxygen atoms in total. The second-order valence-electron chi connectivity index (χ2n) is 4.74. The molecule has 3 heteroatoms. The van der Waals surface area contributed by atoms with Crippen LogP contribution in [-0.2, 0) is 0 Å². The van der Waals surface area contributed by atoms with Gasteiger partial charge in [-0.05, 0) is 60.7 Å². The number of nitrogens with two attached hydrogens (primary N) is 2. The van der Waals surface area contributed by atoms with Crippen molar-refractivity contribution < 1.29 is 4.74 Å². The summed E-state index contributed by atoms with van der Waals surface area (Å²) in [4.78, 5) is 0. The second-order valence-corrected chi connectivity index (χ2v) is 4.74. The zero-order valence-electron chi connectivity index (χ0n) is 10.1. The van der Waals surface area contributed by atoms with E-state index in [0.717, 1.165) is 11.4 Å². The van der Waals surface area contributed by atoms with Crippen LogP contribution >= 0.6 is 0 Å². The van der Waals surface area contributed by atoms with Gasteiger partial charge in [0.25, 0.3) is 0 Å². The lowest BCUT2D eigenvalue weighted by Crippen LogP contribution is -1.94. The fourth-order valence-electron chi connectivity index (χ4n) is 1.99. The van der Waals surface area contributed by atoms with Crippen molar-refractivity contribution in [1.82, 2.24) is 0 Å². The number of nitrogen functional groups attached to an aromatic ring is 2. The fourth-order valence-corrected chi connectivity index (χ4v) is 1.99. The van der Waals surface area contributed by atoms with Crippen LogP contribution in [0.2, 0.25) is 0 Å². The lowest BCUT2D eigenvalue weighted by atomic mass is 10.1. The minimum absolute atomic E-state index is 0.691. The molecule has 1 saturated carbocycles. The van der Waals surface area contributed by atoms with Crippen LogP contribution in [0.15, 0.2) is 42.5 Å². The molecule has 18 heavy (non-hydrogen) atoms. The fraction of sp³-hybridized carbons (Fsp3) is 0.200. The molecule has 2 aromatic rings. The first-order valence-corrected chi connectivity index (χ1v) is 6.15. The van der Waals surface area contributed by atoms with Crippen LogP contribution in [-0.4, -0.2) is 0 Å². The maximum atomic E-state index is 6.01. The van der Waals surface area contributed by atoms with Gasteiger partial charge in [-0.25, -0.2) is 0 Å². The first-order chi connectivity index (χ1) is 8.72. The Kier molecular flexibility index (Phi) is 2.59. The third-order valence-electron chi connectivity index (χ3n) is 3.19. The molecule has 0 heterocycles. The quantitative estimate of drug-likeness (QED) is 0.807. The van der Waals surface area contributed by atoms with E-state index in [1.807, 2.05) is 36.4 Å². The summed E-state index contributed by atoms with van der Waals surface area (Å²) >= 11 is 0. The van der Waals surface area contributed by atoms with Gasteiger partial charge < -0.3 is 16.2 Å². The maximum absolute atomic E-state index is 6.01. The van der Waals surface area contributed by atoms with Gasteiger partial charge in [0, 0.05) is 5.69 Å². The van der Waals surface area contributed by atoms with E-state index in [1.165, 1.54) is 18.4 Å². The van der Waals surface area contributed by atoms with E-state index in [1.54, 1.807) is 0 Å². The van der Waals surface area contributed by atoms with Crippen molar-refractivity contribution in [3.8, 4) is 11.5 Å². The zero-order valence-corrected chi connectivity index (χ0v) is 10.1. The van der Waals surface area contributed by atoms with Crippen LogP contribution in [0.5, 0.6) is 11.5 Å². The van der Waals surface area contributed by atoms with E-state index in [-0.39, 0.29) is 0 Å². The summed E-state index contributed by atoms with van der Waals surface area (Å²) in [5.74, 6) is 2.15. The Morgan fingerprint density at radius 3 is 2.28 bits per heavy atom. The molecule has 0 aliphatic heterocycles. The monoisotopic (exact) mass is 240 g/mol. The van der Waals surface area contributed by atoms with E-state index in [4.69, 9.17) is 16.2 Å². The number of hydrogen-bond acceptors (Lipinski definition) is 3. The van der Waals surface area contributed by atoms with E-state index < -0.39 is 0 Å². The van der Waals surface area contributed by atoms with E-state index in [0.29, 0.717) is 17.4 Å². The Hall–Kier alpha value is -2.16. The van der Waals surface area contributed by atoms with Crippen LogP contribution in [0.4, 0.5) is 11.4 Å². The molecule has 0 aromatic heterocycles. The predicted octanol–water partition coefficient (Wildman–Crippen LogP) is 3.52. The second kappa shape index (κ2) is 4.26. The first-order valence-electron chi connectivity index (χ1n) is 6.15. The van der Waals surface area contributed by atoms with Crippen molar-refractivity contribution in [3.05, 3.63) is 48.0 Å². The largest absolute Gasteiger partial charge is 0.455 e. The molecule has 0 spiro atoms. The Labute approximate surface area is 106 Å². The van der Waals surface area contributed by atoms with E-state index in [2.05, 4.69) is 6.07 Å². The zero-order chi connectivity index (χ0) is 12.5. The molecular formula is C15H16N2O. The Morgan fingerprint density at radius 1 is 0.944 bits per heavy atom. The molecule has 0 saturated heterocycles. The summed E-state index contributed by atoms with van der Waals surface area (Å²) in [6, 6.07) is 13.4. The number of rotatable bonds is 3. The van der Waals surface area contributed by atoms with Gasteiger partial charge in [-0.2, -0.15) is 0 Å². The minimum Gasteiger partial charge on any atom is -0.455 e. The summed E-state index contributed by atoms with van der Waals surface area (Å²) < 4.78 is 5.74. The van der Waals surface area contributed by atoms with Crippen molar-refractivity contribution in [1.29, 1.82) is 0 Å². The van der Waals surface area contributed by atoms with Gasteiger partial charge in [-0.15, -0.1) is 0 Å². The smallest absolute Gasteiger partial charge is 0.150 e. The van der Waals surface area contributed by atoms with Gasteiger partial charge in [0.2, 0.25) is 0 Å². The summed E-state index contributed by atoms with van der Waals surface area (Å²) in [5.41, 5.74) is 14.4. The number of ether oxygens (including phenoxy) is 1. The molecule has 3 rings (SSSR count). The predicted molar refractivity (Wildman–Crippen MR) is 73.8 cm³/mol. The Morgan fingerprint density at radius 2 is 1.67 bits per heavy atom. The average molecular weight is 240 g/mol. The highest BCUT2D eigenvalue weighted by Crippen LogP contribution is 2.42. The highest BCUT2D eigenvalue weighted by atomic mass is 16.5. The average Bonchev–Trinajstić information content (AvgIpc) is 3.19. The van der Waals surface area contributed by atoms with Crippen molar-refractivity contribution in [2.75, 3.05) is 11.5 Å². The van der Waals surface area contributed by atoms with Gasteiger partial charge in [0.05, 0.1) is 5.69 Å². The highest BCUT2D eigenvalue weighted by Gasteiger charge is 2.23. The number of benzene rings is 2. The minimum atomic E-state index is 0.691. The molecule has 0 radical (unpaired) electrons. The SMILES string of the molecule is Nc1ccc(Oc2ccc(C3CC3)cc2N)cc1. The molecule has 1 fully saturated rings. The van der Waals surface area contributed by atoms with Crippen LogP contribution in [0, 0.1) is 0 Å². The Bertz CT molecular complexity index is 559. The van der Waals surface area contributed by atoms with Crippen LogP contribution in [0.1, 0.15) is 24.3 Å². The van der Waals surface area contributed by atoms with Crippen molar-refractivity contribution >= 4 is 11.4 Å². The molecule has 92 valence electrons. The summed E-state index contributed by atoms with van der Waals surface area (Å²) in [6.45, 7) is 0. The molecular weight excluding hydrogens is 224 g/mol. The summed E-state index contributed by atoms with van der Waals surface area (Å²) in [5, 5.41) is 0. The lowest BCUT2D eigenvalue weighted by molar-refractivity contribution is 0.485. The maximum Gasteiger partial charge on any atom is 0.150 e. The van der Waals surface area contributed by atoms with E-state index >= 15 is 0 Å². The normalized spacial score (nSPS) is 14.4. The molecule has 1 aliphatic carbocycles. The first kappa shape index (κ1) is 11.0. The van der Waals surface area contributed by atoms with Crippen LogP contribution in [0.3, 0.4) is 0 Å². The van der Waals surface area contributed by atoms with Gasteiger partial charge in [-0.1, -0.05) is 6.07 Å². The molecule has 0 unspecified atom stereocenters. The lowest BCUT2D eigenvalue weighted by Gasteiger charge is -2.10. The molecule has 4 N–H and O–H groups in total. The molecule has 1 aliphatic rings. The van der Waals surface area contributed by atoms with Crippen molar-refractivity contribution in [2.24, 2.45) is 0 Å². The molecule has 0 bridgehead atoms. The van der Waals surface area contributed by atoms with Gasteiger partial charge in [0.1, 0.15) is 11.5 Å². The van der Waals surface area contributed by atoms with Crippen molar-refractivity contribution in [2.45, 2.75) is 18.8 Å². The van der Waals surface area contributed by atoms with Gasteiger partial charge in [0.15, 0.2) is 0 Å². The van der Waals surface area contributed by atoms with Crippen LogP contribution < -0.4 is 16.2 Å². The standard InChI is InChI=1S/C15H16N2O/c16-12-4-6-13(7-5-12)18-15-8-3-11(9-14(15)17)10-1-2-10/h3-10H,1-2,16-17H2. The van der Waals surface area contributed by atoms with Crippen molar-refractivity contribution in [3.63, 3.8) is 0 Å². The van der Waals surface area contributed by atoms with Gasteiger partial charge in [-0.3, -0.25) is 0 Å². The number of hydrogen-bond donors (Lipinski definition) is 2.